The second kappa shape index (κ2) is 5.79. The van der Waals surface area contributed by atoms with Crippen molar-refractivity contribution >= 4 is 33.5 Å². The molecule has 1 atom stereocenters. The van der Waals surface area contributed by atoms with E-state index in [0.29, 0.717) is 16.6 Å². The zero-order chi connectivity index (χ0) is 13.0. The number of carboxylic acid groups (broad SMARTS) is 1. The molecule has 0 unspecified atom stereocenters. The van der Waals surface area contributed by atoms with Crippen LogP contribution < -0.4 is 11.1 Å². The first-order valence-corrected chi connectivity index (χ1v) is 5.84. The van der Waals surface area contributed by atoms with Gasteiger partial charge in [0, 0.05) is 4.47 Å². The van der Waals surface area contributed by atoms with Gasteiger partial charge in [-0.25, -0.2) is 4.79 Å². The number of hydrogen-bond donors (Lipinski definition) is 3. The quantitative estimate of drug-likeness (QED) is 0.791. The van der Waals surface area contributed by atoms with E-state index < -0.39 is 12.0 Å². The molecule has 1 amide bonds. The number of halogens is 1. The lowest BCUT2D eigenvalue weighted by Crippen LogP contribution is -2.34. The van der Waals surface area contributed by atoms with Gasteiger partial charge in [0.2, 0.25) is 5.91 Å². The predicted octanol–water partition coefficient (Wildman–Crippen LogP) is 1.82. The summed E-state index contributed by atoms with van der Waals surface area (Å²) in [5.41, 5.74) is 6.22. The largest absolute Gasteiger partial charge is 0.478 e. The Kier molecular flexibility index (Phi) is 4.65. The maximum Gasteiger partial charge on any atom is 0.335 e. The lowest BCUT2D eigenvalue weighted by atomic mass is 10.2. The summed E-state index contributed by atoms with van der Waals surface area (Å²) in [5, 5.41) is 11.4. The molecule has 0 heterocycles. The number of amides is 1. The van der Waals surface area contributed by atoms with E-state index in [-0.39, 0.29) is 11.5 Å². The molecule has 0 fully saturated rings. The maximum atomic E-state index is 11.5. The van der Waals surface area contributed by atoms with Crippen LogP contribution in [0.5, 0.6) is 0 Å². The molecule has 92 valence electrons. The third kappa shape index (κ3) is 3.54. The summed E-state index contributed by atoms with van der Waals surface area (Å²) in [7, 11) is 0. The fourth-order valence-corrected chi connectivity index (χ4v) is 1.64. The van der Waals surface area contributed by atoms with Gasteiger partial charge in [-0.1, -0.05) is 6.92 Å². The van der Waals surface area contributed by atoms with Crippen molar-refractivity contribution in [1.82, 2.24) is 0 Å². The molecule has 0 aromatic heterocycles. The Labute approximate surface area is 107 Å². The van der Waals surface area contributed by atoms with Crippen LogP contribution in [0.3, 0.4) is 0 Å². The smallest absolute Gasteiger partial charge is 0.335 e. The normalized spacial score (nSPS) is 11.9. The number of carbonyl (C=O) groups excluding carboxylic acids is 1. The Morgan fingerprint density at radius 1 is 1.53 bits per heavy atom. The van der Waals surface area contributed by atoms with Gasteiger partial charge in [-0.2, -0.15) is 0 Å². The average Bonchev–Trinajstić information content (AvgIpc) is 2.30. The van der Waals surface area contributed by atoms with Gasteiger partial charge in [0.1, 0.15) is 0 Å². The summed E-state index contributed by atoms with van der Waals surface area (Å²) in [6, 6.07) is 3.80. The topological polar surface area (TPSA) is 92.4 Å². The number of nitrogens with two attached hydrogens (primary N) is 1. The van der Waals surface area contributed by atoms with Crippen molar-refractivity contribution in [2.24, 2.45) is 5.73 Å². The van der Waals surface area contributed by atoms with Crippen LogP contribution in [0.1, 0.15) is 23.7 Å². The highest BCUT2D eigenvalue weighted by atomic mass is 79.9. The predicted molar refractivity (Wildman–Crippen MR) is 68.0 cm³/mol. The minimum atomic E-state index is -1.02. The van der Waals surface area contributed by atoms with E-state index in [1.54, 1.807) is 0 Å². The molecule has 0 aliphatic rings. The van der Waals surface area contributed by atoms with Gasteiger partial charge >= 0.3 is 5.97 Å². The molecule has 0 saturated heterocycles. The Balaban J connectivity index is 2.86. The van der Waals surface area contributed by atoms with Crippen LogP contribution in [0.25, 0.3) is 0 Å². The van der Waals surface area contributed by atoms with Crippen molar-refractivity contribution in [1.29, 1.82) is 0 Å². The minimum Gasteiger partial charge on any atom is -0.478 e. The number of carboxylic acids is 1. The first-order chi connectivity index (χ1) is 7.95. The number of benzene rings is 1. The van der Waals surface area contributed by atoms with E-state index in [1.165, 1.54) is 18.2 Å². The number of rotatable bonds is 4. The monoisotopic (exact) mass is 300 g/mol. The van der Waals surface area contributed by atoms with E-state index in [9.17, 15) is 9.59 Å². The van der Waals surface area contributed by atoms with Gasteiger partial charge in [0.25, 0.3) is 0 Å². The molecule has 1 aromatic rings. The molecular formula is C11H13BrN2O3. The number of anilines is 1. The molecule has 1 rings (SSSR count). The van der Waals surface area contributed by atoms with Gasteiger partial charge in [-0.15, -0.1) is 0 Å². The molecule has 0 bridgehead atoms. The standard InChI is InChI=1S/C11H13BrN2O3/c1-2-8(13)10(15)14-9-4-3-6(11(16)17)5-7(9)12/h3-5,8H,2,13H2,1H3,(H,14,15)(H,16,17)/t8-/m1/s1. The maximum absolute atomic E-state index is 11.5. The van der Waals surface area contributed by atoms with E-state index >= 15 is 0 Å². The molecule has 17 heavy (non-hydrogen) atoms. The summed E-state index contributed by atoms with van der Waals surface area (Å²) in [4.78, 5) is 22.3. The molecule has 6 heteroatoms. The summed E-state index contributed by atoms with van der Waals surface area (Å²) in [5.74, 6) is -1.31. The molecule has 0 aliphatic carbocycles. The first kappa shape index (κ1) is 13.7. The molecular weight excluding hydrogens is 288 g/mol. The summed E-state index contributed by atoms with van der Waals surface area (Å²) >= 11 is 3.20. The Morgan fingerprint density at radius 3 is 2.65 bits per heavy atom. The number of carbonyl (C=O) groups is 2. The molecule has 5 nitrogen and oxygen atoms in total. The zero-order valence-corrected chi connectivity index (χ0v) is 10.8. The highest BCUT2D eigenvalue weighted by Gasteiger charge is 2.13. The highest BCUT2D eigenvalue weighted by Crippen LogP contribution is 2.23. The number of hydrogen-bond acceptors (Lipinski definition) is 3. The van der Waals surface area contributed by atoms with Crippen LogP contribution >= 0.6 is 15.9 Å². The first-order valence-electron chi connectivity index (χ1n) is 5.05. The van der Waals surface area contributed by atoms with E-state index in [1.807, 2.05) is 6.92 Å². The van der Waals surface area contributed by atoms with E-state index in [2.05, 4.69) is 21.2 Å². The van der Waals surface area contributed by atoms with Crippen LogP contribution in [0.2, 0.25) is 0 Å². The SMILES string of the molecule is CC[C@@H](N)C(=O)Nc1ccc(C(=O)O)cc1Br. The fourth-order valence-electron chi connectivity index (χ4n) is 1.16. The minimum absolute atomic E-state index is 0.148. The lowest BCUT2D eigenvalue weighted by molar-refractivity contribution is -0.117. The Morgan fingerprint density at radius 2 is 2.18 bits per heavy atom. The molecule has 0 aliphatic heterocycles. The van der Waals surface area contributed by atoms with Gasteiger partial charge in [-0.05, 0) is 40.5 Å². The van der Waals surface area contributed by atoms with Crippen LogP contribution in [0.4, 0.5) is 5.69 Å². The molecule has 4 N–H and O–H groups in total. The lowest BCUT2D eigenvalue weighted by Gasteiger charge is -2.11. The third-order valence-electron chi connectivity index (χ3n) is 2.25. The van der Waals surface area contributed by atoms with Crippen LogP contribution in [0, 0.1) is 0 Å². The number of nitrogens with one attached hydrogen (secondary N) is 1. The van der Waals surface area contributed by atoms with Crippen molar-refractivity contribution < 1.29 is 14.7 Å². The van der Waals surface area contributed by atoms with Crippen LogP contribution in [-0.2, 0) is 4.79 Å². The van der Waals surface area contributed by atoms with Crippen LogP contribution in [-0.4, -0.2) is 23.0 Å². The van der Waals surface area contributed by atoms with Gasteiger partial charge in [0.05, 0.1) is 17.3 Å². The van der Waals surface area contributed by atoms with Crippen molar-refractivity contribution in [3.8, 4) is 0 Å². The third-order valence-corrected chi connectivity index (χ3v) is 2.91. The summed E-state index contributed by atoms with van der Waals surface area (Å²) in [6.45, 7) is 1.81. The van der Waals surface area contributed by atoms with Gasteiger partial charge in [0.15, 0.2) is 0 Å². The van der Waals surface area contributed by atoms with Crippen molar-refractivity contribution in [3.05, 3.63) is 28.2 Å². The highest BCUT2D eigenvalue weighted by molar-refractivity contribution is 9.10. The van der Waals surface area contributed by atoms with E-state index in [0.717, 1.165) is 0 Å². The summed E-state index contributed by atoms with van der Waals surface area (Å²) in [6.07, 6.45) is 0.538. The van der Waals surface area contributed by atoms with Crippen molar-refractivity contribution in [2.45, 2.75) is 19.4 Å². The zero-order valence-electron chi connectivity index (χ0n) is 9.24. The van der Waals surface area contributed by atoms with Gasteiger partial charge < -0.3 is 16.2 Å². The van der Waals surface area contributed by atoms with Crippen LogP contribution in [0.15, 0.2) is 22.7 Å². The Bertz CT molecular complexity index is 448. The molecule has 0 radical (unpaired) electrons. The van der Waals surface area contributed by atoms with Crippen molar-refractivity contribution in [3.63, 3.8) is 0 Å². The molecule has 0 saturated carbocycles. The van der Waals surface area contributed by atoms with E-state index in [4.69, 9.17) is 10.8 Å². The van der Waals surface area contributed by atoms with Crippen molar-refractivity contribution in [2.75, 3.05) is 5.32 Å². The molecule has 0 spiro atoms. The fraction of sp³-hybridized carbons (Fsp3) is 0.273. The Hall–Kier alpha value is -1.40. The molecule has 1 aromatic carbocycles. The summed E-state index contributed by atoms with van der Waals surface area (Å²) < 4.78 is 0.508. The van der Waals surface area contributed by atoms with Gasteiger partial charge in [-0.3, -0.25) is 4.79 Å². The second-order valence-electron chi connectivity index (χ2n) is 3.50. The number of aromatic carboxylic acids is 1. The second-order valence-corrected chi connectivity index (χ2v) is 4.36. The average molecular weight is 301 g/mol.